The number of benzene rings is 2. The maximum absolute atomic E-state index is 13.8. The molecule has 51 heavy (non-hydrogen) atoms. The van der Waals surface area contributed by atoms with Gasteiger partial charge in [0.2, 0.25) is 11.9 Å². The van der Waals surface area contributed by atoms with Crippen LogP contribution in [0.5, 0.6) is 0 Å². The number of anilines is 1. The monoisotopic (exact) mass is 725 g/mol. The fourth-order valence-electron chi connectivity index (χ4n) is 5.17. The minimum atomic E-state index is -4.60. The SMILES string of the molecule is Cc1c(-c2ncnn2-c2ccc(C#N)cc2)cn2nc(NC(=O)CCS(=O)(=O)CCC[N+](C)(C)C)nc2c1-c1cccc(C(F)(F)F)c1.O=C[O-]. The first-order valence-corrected chi connectivity index (χ1v) is 17.1. The number of rotatable bonds is 11. The van der Waals surface area contributed by atoms with Gasteiger partial charge in [0.15, 0.2) is 21.3 Å². The third kappa shape index (κ3) is 9.73. The predicted molar refractivity (Wildman–Crippen MR) is 179 cm³/mol. The molecule has 0 atom stereocenters. The first-order valence-electron chi connectivity index (χ1n) is 15.3. The van der Waals surface area contributed by atoms with Gasteiger partial charge in [0.25, 0.3) is 0 Å². The predicted octanol–water partition coefficient (Wildman–Crippen LogP) is 3.05. The Morgan fingerprint density at radius 3 is 2.43 bits per heavy atom. The number of carbonyl (C=O) groups is 2. The number of nitrogens with one attached hydrogen (secondary N) is 1. The van der Waals surface area contributed by atoms with Crippen molar-refractivity contribution in [3.8, 4) is 34.3 Å². The Morgan fingerprint density at radius 1 is 1.12 bits per heavy atom. The van der Waals surface area contributed by atoms with Crippen LogP contribution in [0.3, 0.4) is 0 Å². The largest absolute Gasteiger partial charge is 0.554 e. The zero-order valence-corrected chi connectivity index (χ0v) is 28.9. The molecule has 3 heterocycles. The van der Waals surface area contributed by atoms with Crippen molar-refractivity contribution in [1.29, 1.82) is 5.26 Å². The van der Waals surface area contributed by atoms with Crippen molar-refractivity contribution < 1.29 is 40.8 Å². The van der Waals surface area contributed by atoms with E-state index >= 15 is 0 Å². The molecule has 1 amide bonds. The molecule has 0 aliphatic carbocycles. The molecule has 0 saturated carbocycles. The molecule has 0 spiro atoms. The van der Waals surface area contributed by atoms with Crippen LogP contribution in [-0.2, 0) is 25.6 Å². The van der Waals surface area contributed by atoms with Gasteiger partial charge in [-0.15, -0.1) is 5.10 Å². The highest BCUT2D eigenvalue weighted by Crippen LogP contribution is 2.38. The first-order chi connectivity index (χ1) is 24.0. The Bertz CT molecular complexity index is 2180. The number of sulfone groups is 1. The number of halogens is 3. The summed E-state index contributed by atoms with van der Waals surface area (Å²) < 4.78 is 69.8. The van der Waals surface area contributed by atoms with Crippen molar-refractivity contribution >= 4 is 33.8 Å². The van der Waals surface area contributed by atoms with Crippen molar-refractivity contribution in [3.63, 3.8) is 0 Å². The van der Waals surface area contributed by atoms with E-state index in [-0.39, 0.29) is 35.1 Å². The van der Waals surface area contributed by atoms with Crippen LogP contribution in [0.15, 0.2) is 61.1 Å². The maximum atomic E-state index is 13.8. The third-order valence-corrected chi connectivity index (χ3v) is 9.31. The molecule has 5 aromatic rings. The minimum absolute atomic E-state index is 0.0437. The second-order valence-electron chi connectivity index (χ2n) is 12.4. The van der Waals surface area contributed by atoms with Crippen LogP contribution >= 0.6 is 0 Å². The molecule has 0 saturated heterocycles. The van der Waals surface area contributed by atoms with Gasteiger partial charge in [0.05, 0.1) is 62.1 Å². The van der Waals surface area contributed by atoms with Gasteiger partial charge in [0, 0.05) is 36.6 Å². The van der Waals surface area contributed by atoms with Crippen molar-refractivity contribution in [2.24, 2.45) is 0 Å². The highest BCUT2D eigenvalue weighted by molar-refractivity contribution is 7.91. The fraction of sp³-hybridized carbons (Fsp3) is 0.303. The summed E-state index contributed by atoms with van der Waals surface area (Å²) in [4.78, 5) is 29.9. The first kappa shape index (κ1) is 38.1. The normalized spacial score (nSPS) is 11.8. The average molecular weight is 726 g/mol. The Hall–Kier alpha value is -5.67. The van der Waals surface area contributed by atoms with Crippen LogP contribution in [0.2, 0.25) is 0 Å². The second kappa shape index (κ2) is 15.5. The lowest BCUT2D eigenvalue weighted by Gasteiger charge is -2.23. The standard InChI is InChI=1S/C32H32F3N9O3S.CH2O2/c1-21-26(29-37-20-38-43(29)25-11-9-22(18-36)10-12-25)19-42-30(28(21)23-7-5-8-24(17-23)32(33,34)35)40-31(41-42)39-27(45)13-16-48(46,47)15-6-14-44(2,3)4;2-1-3/h5,7-12,17,19-20H,6,13-16H2,1-4H3;1H,(H,2,3). The van der Waals surface area contributed by atoms with E-state index in [9.17, 15) is 31.6 Å². The number of nitriles is 1. The number of fused-ring (bicyclic) bond motifs is 1. The molecule has 1 N–H and O–H groups in total. The molecule has 0 aliphatic rings. The number of nitrogens with zero attached hydrogens (tertiary/aromatic N) is 8. The molecule has 14 nitrogen and oxygen atoms in total. The van der Waals surface area contributed by atoms with E-state index in [0.717, 1.165) is 12.1 Å². The number of hydrogen-bond acceptors (Lipinski definition) is 10. The Kier molecular flexibility index (Phi) is 11.6. The van der Waals surface area contributed by atoms with Gasteiger partial charge in [-0.3, -0.25) is 10.1 Å². The summed E-state index contributed by atoms with van der Waals surface area (Å²) in [5.41, 5.74) is 1.79. The van der Waals surface area contributed by atoms with Crippen molar-refractivity contribution in [2.75, 3.05) is 44.5 Å². The van der Waals surface area contributed by atoms with Crippen LogP contribution in [0, 0.1) is 18.3 Å². The number of quaternary nitrogens is 1. The number of carbonyl (C=O) groups excluding carboxylic acids is 2. The van der Waals surface area contributed by atoms with E-state index in [2.05, 4.69) is 31.6 Å². The smallest absolute Gasteiger partial charge is 0.416 e. The van der Waals surface area contributed by atoms with Gasteiger partial charge in [-0.2, -0.15) is 28.5 Å². The maximum Gasteiger partial charge on any atom is 0.416 e. The van der Waals surface area contributed by atoms with Gasteiger partial charge in [-0.05, 0) is 54.4 Å². The van der Waals surface area contributed by atoms with E-state index in [1.165, 1.54) is 27.7 Å². The molecule has 18 heteroatoms. The highest BCUT2D eigenvalue weighted by Gasteiger charge is 2.31. The summed E-state index contributed by atoms with van der Waals surface area (Å²) in [6.07, 6.45) is -1.56. The van der Waals surface area contributed by atoms with Gasteiger partial charge in [-0.25, -0.2) is 22.6 Å². The molecular formula is C33H34F3N9O5S. The van der Waals surface area contributed by atoms with E-state index in [0.29, 0.717) is 51.2 Å². The average Bonchev–Trinajstić information content (AvgIpc) is 3.70. The summed E-state index contributed by atoms with van der Waals surface area (Å²) in [5, 5.41) is 28.7. The van der Waals surface area contributed by atoms with E-state index < -0.39 is 34.0 Å². The van der Waals surface area contributed by atoms with Crippen molar-refractivity contribution in [3.05, 3.63) is 77.7 Å². The van der Waals surface area contributed by atoms with Crippen molar-refractivity contribution in [2.45, 2.75) is 25.9 Å². The molecule has 0 unspecified atom stereocenters. The van der Waals surface area contributed by atoms with E-state index in [4.69, 9.17) is 9.90 Å². The molecular weight excluding hydrogens is 691 g/mol. The number of amides is 1. The summed E-state index contributed by atoms with van der Waals surface area (Å²) in [7, 11) is 2.41. The van der Waals surface area contributed by atoms with Gasteiger partial charge in [0.1, 0.15) is 6.33 Å². The zero-order valence-electron chi connectivity index (χ0n) is 28.0. The molecule has 268 valence electrons. The number of alkyl halides is 3. The molecule has 0 radical (unpaired) electrons. The minimum Gasteiger partial charge on any atom is -0.554 e. The number of carboxylic acid groups (broad SMARTS) is 1. The van der Waals surface area contributed by atoms with Gasteiger partial charge < -0.3 is 14.4 Å². The lowest BCUT2D eigenvalue weighted by Crippen LogP contribution is -2.36. The number of aromatic nitrogens is 6. The quantitative estimate of drug-likeness (QED) is 0.157. The van der Waals surface area contributed by atoms with Crippen molar-refractivity contribution in [1.82, 2.24) is 29.4 Å². The molecule has 0 bridgehead atoms. The molecule has 3 aromatic heterocycles. The van der Waals surface area contributed by atoms with Gasteiger partial charge in [-0.1, -0.05) is 12.1 Å². The second-order valence-corrected chi connectivity index (χ2v) is 14.7. The Balaban J connectivity index is 0.00000188. The van der Waals surface area contributed by atoms with Crippen LogP contribution < -0.4 is 10.4 Å². The zero-order chi connectivity index (χ0) is 37.6. The fourth-order valence-corrected chi connectivity index (χ4v) is 6.44. The lowest BCUT2D eigenvalue weighted by molar-refractivity contribution is -0.870. The van der Waals surface area contributed by atoms with Crippen LogP contribution in [0.4, 0.5) is 19.1 Å². The summed E-state index contributed by atoms with van der Waals surface area (Å²) in [6.45, 7) is 1.87. The Morgan fingerprint density at radius 2 is 1.80 bits per heavy atom. The topological polar surface area (TPSA) is 188 Å². The molecule has 0 aliphatic heterocycles. The van der Waals surface area contributed by atoms with Crippen LogP contribution in [-0.4, -0.2) is 93.8 Å². The van der Waals surface area contributed by atoms with E-state index in [1.54, 1.807) is 37.4 Å². The summed E-state index contributed by atoms with van der Waals surface area (Å²) in [5.74, 6) is -0.839. The van der Waals surface area contributed by atoms with Crippen LogP contribution in [0.1, 0.15) is 29.5 Å². The Labute approximate surface area is 291 Å². The van der Waals surface area contributed by atoms with Crippen LogP contribution in [0.25, 0.3) is 33.8 Å². The number of hydrogen-bond donors (Lipinski definition) is 1. The van der Waals surface area contributed by atoms with E-state index in [1.807, 2.05) is 21.1 Å². The molecule has 2 aromatic carbocycles. The summed E-state index contributed by atoms with van der Waals surface area (Å²) in [6, 6.07) is 13.4. The highest BCUT2D eigenvalue weighted by atomic mass is 32.2. The molecule has 5 rings (SSSR count). The summed E-state index contributed by atoms with van der Waals surface area (Å²) >= 11 is 0. The molecule has 0 fully saturated rings. The number of pyridine rings is 1. The van der Waals surface area contributed by atoms with Gasteiger partial charge >= 0.3 is 6.18 Å². The lowest BCUT2D eigenvalue weighted by atomic mass is 9.96. The third-order valence-electron chi connectivity index (χ3n) is 7.57.